The molecule has 14 heteroatoms. The molecule has 274 valence electrons. The minimum absolute atomic E-state index is 0.0226. The number of hydrogen-bond acceptors (Lipinski definition) is 9. The first-order valence-electron chi connectivity index (χ1n) is 16.8. The van der Waals surface area contributed by atoms with Crippen molar-refractivity contribution >= 4 is 35.7 Å². The van der Waals surface area contributed by atoms with Crippen LogP contribution in [0, 0.1) is 0 Å². The van der Waals surface area contributed by atoms with Crippen molar-refractivity contribution < 1.29 is 43.0 Å². The average molecular weight is 722 g/mol. The van der Waals surface area contributed by atoms with E-state index in [0.717, 1.165) is 11.1 Å². The summed E-state index contributed by atoms with van der Waals surface area (Å²) in [7, 11) is 0. The van der Waals surface area contributed by atoms with Crippen molar-refractivity contribution in [2.45, 2.75) is 57.9 Å². The molecular weight excluding hydrogens is 682 g/mol. The third-order valence-electron chi connectivity index (χ3n) is 8.01. The number of carboxylic acid groups (broad SMARTS) is 1. The van der Waals surface area contributed by atoms with Crippen LogP contribution in [0.3, 0.4) is 0 Å². The van der Waals surface area contributed by atoms with Gasteiger partial charge < -0.3 is 40.3 Å². The molecule has 4 aromatic rings. The number of carboxylic acids is 1. The van der Waals surface area contributed by atoms with Crippen molar-refractivity contribution in [3.63, 3.8) is 0 Å². The van der Waals surface area contributed by atoms with Gasteiger partial charge in [0.15, 0.2) is 0 Å². The Morgan fingerprint density at radius 2 is 1.34 bits per heavy atom. The number of aromatic nitrogens is 1. The zero-order valence-electron chi connectivity index (χ0n) is 29.0. The molecule has 1 unspecified atom stereocenters. The Morgan fingerprint density at radius 1 is 0.792 bits per heavy atom. The molecule has 3 atom stereocenters. The van der Waals surface area contributed by atoms with Crippen molar-refractivity contribution in [3.05, 3.63) is 132 Å². The van der Waals surface area contributed by atoms with Gasteiger partial charge in [-0.15, -0.1) is 0 Å². The number of ether oxygens (including phenoxy) is 2. The van der Waals surface area contributed by atoms with E-state index in [4.69, 9.17) is 13.9 Å². The molecule has 0 saturated heterocycles. The molecule has 0 bridgehead atoms. The maximum absolute atomic E-state index is 12.8. The lowest BCUT2D eigenvalue weighted by Crippen LogP contribution is -2.44. The summed E-state index contributed by atoms with van der Waals surface area (Å²) in [6.07, 6.45) is 3.81. The van der Waals surface area contributed by atoms with Gasteiger partial charge in [0.05, 0.1) is 0 Å². The summed E-state index contributed by atoms with van der Waals surface area (Å²) in [5.74, 6) is -1.90. The van der Waals surface area contributed by atoms with E-state index >= 15 is 0 Å². The second kappa shape index (κ2) is 18.0. The molecule has 0 aliphatic heterocycles. The van der Waals surface area contributed by atoms with E-state index in [1.54, 1.807) is 36.4 Å². The van der Waals surface area contributed by atoms with Crippen LogP contribution >= 0.6 is 0 Å². The molecule has 0 saturated carbocycles. The lowest BCUT2D eigenvalue weighted by Gasteiger charge is -2.18. The third-order valence-corrected chi connectivity index (χ3v) is 8.01. The van der Waals surface area contributed by atoms with Gasteiger partial charge in [-0.1, -0.05) is 84.9 Å². The van der Waals surface area contributed by atoms with Crippen molar-refractivity contribution in [3.8, 4) is 11.3 Å². The maximum Gasteiger partial charge on any atom is 0.408 e. The summed E-state index contributed by atoms with van der Waals surface area (Å²) in [5.41, 5.74) is 3.64. The predicted octanol–water partition coefficient (Wildman–Crippen LogP) is 5.58. The van der Waals surface area contributed by atoms with Gasteiger partial charge in [0.2, 0.25) is 17.7 Å². The number of benzene rings is 3. The second-order valence-electron chi connectivity index (χ2n) is 12.2. The molecule has 14 nitrogen and oxygen atoms in total. The minimum Gasteiger partial charge on any atom is -0.481 e. The zero-order valence-corrected chi connectivity index (χ0v) is 29.0. The van der Waals surface area contributed by atoms with Crippen LogP contribution in [0.2, 0.25) is 0 Å². The van der Waals surface area contributed by atoms with Crippen LogP contribution < -0.4 is 21.3 Å². The molecule has 0 spiro atoms. The third kappa shape index (κ3) is 11.1. The van der Waals surface area contributed by atoms with Crippen LogP contribution in [0.5, 0.6) is 0 Å². The van der Waals surface area contributed by atoms with E-state index in [9.17, 15) is 29.1 Å². The van der Waals surface area contributed by atoms with E-state index in [2.05, 4.69) is 26.3 Å². The highest BCUT2D eigenvalue weighted by Crippen LogP contribution is 2.35. The highest BCUT2D eigenvalue weighted by atomic mass is 16.6. The van der Waals surface area contributed by atoms with E-state index < -0.39 is 48.5 Å². The van der Waals surface area contributed by atoms with Crippen molar-refractivity contribution in [2.75, 3.05) is 5.32 Å². The zero-order chi connectivity index (χ0) is 37.7. The highest BCUT2D eigenvalue weighted by molar-refractivity contribution is 5.96. The summed E-state index contributed by atoms with van der Waals surface area (Å²) in [6.45, 7) is 3.21. The Morgan fingerprint density at radius 3 is 1.85 bits per heavy atom. The lowest BCUT2D eigenvalue weighted by molar-refractivity contribution is -0.136. The Bertz CT molecular complexity index is 1980. The number of hydrogen-bond donors (Lipinski definition) is 5. The monoisotopic (exact) mass is 721 g/mol. The number of amides is 4. The molecule has 4 amide bonds. The fraction of sp³-hybridized carbons (Fsp3) is 0.231. The van der Waals surface area contributed by atoms with Gasteiger partial charge in [-0.05, 0) is 49.6 Å². The van der Waals surface area contributed by atoms with E-state index in [0.29, 0.717) is 34.8 Å². The molecule has 5 N–H and O–H groups in total. The summed E-state index contributed by atoms with van der Waals surface area (Å²) >= 11 is 0. The molecule has 0 radical (unpaired) electrons. The van der Waals surface area contributed by atoms with Gasteiger partial charge >= 0.3 is 18.2 Å². The quantitative estimate of drug-likeness (QED) is 0.110. The Hall–Kier alpha value is -6.70. The number of anilines is 1. The first-order chi connectivity index (χ1) is 25.5. The number of aliphatic carboxylic acids is 1. The van der Waals surface area contributed by atoms with Gasteiger partial charge in [-0.2, -0.15) is 0 Å². The molecule has 1 aliphatic carbocycles. The smallest absolute Gasteiger partial charge is 0.408 e. The number of carbonyl (C=O) groups is 5. The number of nitrogens with one attached hydrogen (secondary N) is 4. The van der Waals surface area contributed by atoms with Crippen LogP contribution in [0.25, 0.3) is 11.3 Å². The van der Waals surface area contributed by atoms with Crippen molar-refractivity contribution in [2.24, 2.45) is 0 Å². The van der Waals surface area contributed by atoms with Crippen LogP contribution in [-0.4, -0.2) is 52.1 Å². The van der Waals surface area contributed by atoms with Crippen molar-refractivity contribution in [1.29, 1.82) is 0 Å². The fourth-order valence-corrected chi connectivity index (χ4v) is 5.18. The average Bonchev–Trinajstić information content (AvgIpc) is 3.57. The first-order valence-corrected chi connectivity index (χ1v) is 16.8. The molecule has 53 heavy (non-hydrogen) atoms. The van der Waals surface area contributed by atoms with Crippen LogP contribution in [0.1, 0.15) is 49.0 Å². The standard InChI is InChI=1S/C39H39N5O9/c1-24(40-38(49)51-22-26-9-5-3-6-10-26)36(47)42-30-17-13-28(14-18-30)34-35(53-32(44-34)21-33(45)46)29-15-19-31(20-16-29)43-37(48)25(2)41-39(50)52-23-27-11-7-4-8-12-27/h3-15,17-20,24-25,29H,16,21-23H2,1-2H3,(H,40,49)(H,41,50)(H,42,47)(H,43,48)(H,45,46)/t24-,25-,29?/m0/s1. The topological polar surface area (TPSA) is 198 Å². The highest BCUT2D eigenvalue weighted by Gasteiger charge is 2.25. The number of carbonyl (C=O) groups excluding carboxylic acids is 4. The van der Waals surface area contributed by atoms with Crippen LogP contribution in [0.4, 0.5) is 15.3 Å². The van der Waals surface area contributed by atoms with Crippen LogP contribution in [0.15, 0.2) is 113 Å². The summed E-state index contributed by atoms with van der Waals surface area (Å²) in [6, 6.07) is 23.3. The summed E-state index contributed by atoms with van der Waals surface area (Å²) < 4.78 is 16.3. The second-order valence-corrected chi connectivity index (χ2v) is 12.2. The van der Waals surface area contributed by atoms with Crippen LogP contribution in [-0.2, 0) is 43.5 Å². The van der Waals surface area contributed by atoms with E-state index in [-0.39, 0.29) is 25.0 Å². The number of alkyl carbamates (subject to hydrolysis) is 2. The number of oxazole rings is 1. The lowest BCUT2D eigenvalue weighted by atomic mass is 9.93. The number of allylic oxidation sites excluding steroid dienone is 3. The largest absolute Gasteiger partial charge is 0.481 e. The Labute approximate surface area is 305 Å². The minimum atomic E-state index is -1.11. The first kappa shape index (κ1) is 37.6. The van der Waals surface area contributed by atoms with Gasteiger partial charge in [0, 0.05) is 22.9 Å². The SMILES string of the molecule is C[C@H](NC(=O)OCc1ccccc1)C(=O)NC1=CCC(c2oc(CC(=O)O)nc2-c2ccc(NC(=O)[C@H](C)NC(=O)OCc3ccccc3)cc2)C=C1. The van der Waals surface area contributed by atoms with Gasteiger partial charge in [0.1, 0.15) is 43.2 Å². The molecule has 1 heterocycles. The summed E-state index contributed by atoms with van der Waals surface area (Å²) in [4.78, 5) is 65.9. The Balaban J connectivity index is 1.16. The van der Waals surface area contributed by atoms with E-state index in [1.807, 2.05) is 66.7 Å². The van der Waals surface area contributed by atoms with Gasteiger partial charge in [0.25, 0.3) is 0 Å². The predicted molar refractivity (Wildman–Crippen MR) is 193 cm³/mol. The number of rotatable bonds is 14. The van der Waals surface area contributed by atoms with E-state index in [1.165, 1.54) is 13.8 Å². The molecule has 1 aliphatic rings. The van der Waals surface area contributed by atoms with Crippen molar-refractivity contribution in [1.82, 2.24) is 20.9 Å². The van der Waals surface area contributed by atoms with Gasteiger partial charge in [-0.25, -0.2) is 14.6 Å². The Kier molecular flexibility index (Phi) is 12.7. The maximum atomic E-state index is 12.8. The molecule has 1 aromatic heterocycles. The summed E-state index contributed by atoms with van der Waals surface area (Å²) in [5, 5.41) is 19.9. The molecule has 0 fully saturated rings. The molecular formula is C39H39N5O9. The fourth-order valence-electron chi connectivity index (χ4n) is 5.18. The number of nitrogens with zero attached hydrogens (tertiary/aromatic N) is 1. The molecule has 5 rings (SSSR count). The molecule has 3 aromatic carbocycles. The van der Waals surface area contributed by atoms with Gasteiger partial charge in [-0.3, -0.25) is 14.4 Å². The normalized spacial score (nSPS) is 14.5.